The van der Waals surface area contributed by atoms with E-state index < -0.39 is 10.0 Å². The van der Waals surface area contributed by atoms with Crippen molar-refractivity contribution in [2.24, 2.45) is 0 Å². The van der Waals surface area contributed by atoms with Crippen molar-refractivity contribution in [3.63, 3.8) is 0 Å². The van der Waals surface area contributed by atoms with E-state index in [9.17, 15) is 8.42 Å². The van der Waals surface area contributed by atoms with Crippen molar-refractivity contribution in [1.29, 1.82) is 5.26 Å². The highest BCUT2D eigenvalue weighted by Crippen LogP contribution is 2.26. The number of benzene rings is 1. The number of aromatic nitrogens is 1. The van der Waals surface area contributed by atoms with E-state index in [1.165, 1.54) is 7.11 Å². The molecule has 1 heterocycles. The van der Waals surface area contributed by atoms with Crippen LogP contribution in [0.4, 0.5) is 0 Å². The lowest BCUT2D eigenvalue weighted by Crippen LogP contribution is -2.21. The van der Waals surface area contributed by atoms with Crippen LogP contribution in [0.1, 0.15) is 11.1 Å². The predicted molar refractivity (Wildman–Crippen MR) is 82.6 cm³/mol. The molecule has 1 aromatic carbocycles. The number of nitriles is 1. The number of methoxy groups -OCH3 is 1. The smallest absolute Gasteiger partial charge is 0.209 e. The van der Waals surface area contributed by atoms with Gasteiger partial charge in [-0.15, -0.1) is 0 Å². The van der Waals surface area contributed by atoms with Crippen molar-refractivity contribution in [2.75, 3.05) is 13.4 Å². The molecule has 0 bridgehead atoms. The summed E-state index contributed by atoms with van der Waals surface area (Å²) in [4.78, 5) is 4.12. The Bertz CT molecular complexity index is 826. The number of pyridine rings is 1. The van der Waals surface area contributed by atoms with Gasteiger partial charge in [0.25, 0.3) is 0 Å². The lowest BCUT2D eigenvalue weighted by Gasteiger charge is -2.08. The Morgan fingerprint density at radius 1 is 1.27 bits per heavy atom. The van der Waals surface area contributed by atoms with Gasteiger partial charge in [-0.2, -0.15) is 5.26 Å². The Labute approximate surface area is 129 Å². The summed E-state index contributed by atoms with van der Waals surface area (Å²) in [7, 11) is -1.75. The average Bonchev–Trinajstić information content (AvgIpc) is 2.52. The number of hydrogen-bond donors (Lipinski definition) is 1. The maximum absolute atomic E-state index is 11.1. The van der Waals surface area contributed by atoms with Crippen molar-refractivity contribution in [2.45, 2.75) is 6.54 Å². The molecule has 6 nitrogen and oxygen atoms in total. The molecule has 0 aliphatic rings. The van der Waals surface area contributed by atoms with E-state index >= 15 is 0 Å². The van der Waals surface area contributed by atoms with E-state index in [4.69, 9.17) is 10.00 Å². The number of nitrogens with zero attached hydrogens (tertiary/aromatic N) is 2. The number of sulfonamides is 1. The Morgan fingerprint density at radius 3 is 2.68 bits per heavy atom. The second-order valence-corrected chi connectivity index (χ2v) is 6.54. The summed E-state index contributed by atoms with van der Waals surface area (Å²) in [6, 6.07) is 9.12. The lowest BCUT2D eigenvalue weighted by atomic mass is 10.0. The number of nitrogens with one attached hydrogen (secondary N) is 1. The number of ether oxygens (including phenoxy) is 1. The Kier molecular flexibility index (Phi) is 4.75. The minimum Gasteiger partial charge on any atom is -0.495 e. The topological polar surface area (TPSA) is 92.1 Å². The number of hydrogen-bond acceptors (Lipinski definition) is 5. The van der Waals surface area contributed by atoms with Crippen molar-refractivity contribution < 1.29 is 13.2 Å². The fourth-order valence-electron chi connectivity index (χ4n) is 1.92. The van der Waals surface area contributed by atoms with Gasteiger partial charge in [-0.25, -0.2) is 13.1 Å². The van der Waals surface area contributed by atoms with Crippen LogP contribution in [-0.4, -0.2) is 26.8 Å². The van der Waals surface area contributed by atoms with Crippen LogP contribution >= 0.6 is 0 Å². The fourth-order valence-corrected chi connectivity index (χ4v) is 2.35. The molecule has 7 heteroatoms. The summed E-state index contributed by atoms with van der Waals surface area (Å²) < 4.78 is 29.9. The van der Waals surface area contributed by atoms with Gasteiger partial charge in [0.15, 0.2) is 0 Å². The second-order valence-electron chi connectivity index (χ2n) is 4.70. The molecule has 0 fully saturated rings. The van der Waals surface area contributed by atoms with E-state index in [1.54, 1.807) is 30.6 Å². The molecule has 0 aliphatic heterocycles. The molecule has 0 saturated heterocycles. The van der Waals surface area contributed by atoms with Crippen molar-refractivity contribution in [3.8, 4) is 22.9 Å². The molecule has 0 radical (unpaired) electrons. The van der Waals surface area contributed by atoms with Crippen LogP contribution in [-0.2, 0) is 16.6 Å². The molecule has 114 valence electrons. The Balaban J connectivity index is 2.32. The summed E-state index contributed by atoms with van der Waals surface area (Å²) >= 11 is 0. The zero-order valence-electron chi connectivity index (χ0n) is 12.2. The van der Waals surface area contributed by atoms with Crippen LogP contribution in [0.25, 0.3) is 11.1 Å². The minimum atomic E-state index is -3.25. The van der Waals surface area contributed by atoms with Gasteiger partial charge in [0.1, 0.15) is 11.8 Å². The van der Waals surface area contributed by atoms with Gasteiger partial charge in [0, 0.05) is 24.5 Å². The highest BCUT2D eigenvalue weighted by molar-refractivity contribution is 7.88. The van der Waals surface area contributed by atoms with Crippen LogP contribution < -0.4 is 9.46 Å². The van der Waals surface area contributed by atoms with Crippen LogP contribution in [0.2, 0.25) is 0 Å². The molecule has 0 saturated carbocycles. The molecule has 0 unspecified atom stereocenters. The fraction of sp³-hybridized carbons (Fsp3) is 0.200. The van der Waals surface area contributed by atoms with Crippen LogP contribution in [0.15, 0.2) is 36.7 Å². The molecule has 2 rings (SSSR count). The van der Waals surface area contributed by atoms with E-state index in [1.807, 2.05) is 6.07 Å². The molecule has 0 amide bonds. The molecule has 0 spiro atoms. The van der Waals surface area contributed by atoms with E-state index in [2.05, 4.69) is 15.8 Å². The Morgan fingerprint density at radius 2 is 2.05 bits per heavy atom. The first-order valence-electron chi connectivity index (χ1n) is 6.40. The maximum atomic E-state index is 11.1. The molecule has 0 aliphatic carbocycles. The third kappa shape index (κ3) is 4.04. The van der Waals surface area contributed by atoms with E-state index in [0.717, 1.165) is 22.9 Å². The van der Waals surface area contributed by atoms with Crippen molar-refractivity contribution >= 4 is 10.0 Å². The van der Waals surface area contributed by atoms with Crippen molar-refractivity contribution in [3.05, 3.63) is 47.8 Å². The largest absolute Gasteiger partial charge is 0.495 e. The lowest BCUT2D eigenvalue weighted by molar-refractivity contribution is 0.413. The monoisotopic (exact) mass is 317 g/mol. The first-order chi connectivity index (χ1) is 10.4. The summed E-state index contributed by atoms with van der Waals surface area (Å²) in [5, 5.41) is 8.99. The summed E-state index contributed by atoms with van der Waals surface area (Å²) in [5.41, 5.74) is 2.85. The summed E-state index contributed by atoms with van der Waals surface area (Å²) in [5.74, 6) is 0.486. The zero-order valence-corrected chi connectivity index (χ0v) is 13.0. The summed E-state index contributed by atoms with van der Waals surface area (Å²) in [6.07, 6.45) is 4.38. The zero-order chi connectivity index (χ0) is 16.2. The second kappa shape index (κ2) is 6.56. The van der Waals surface area contributed by atoms with Gasteiger partial charge in [-0.3, -0.25) is 4.98 Å². The predicted octanol–water partition coefficient (Wildman–Crippen LogP) is 1.68. The molecule has 22 heavy (non-hydrogen) atoms. The highest BCUT2D eigenvalue weighted by Gasteiger charge is 2.07. The summed E-state index contributed by atoms with van der Waals surface area (Å²) in [6.45, 7) is 0.174. The third-order valence-electron chi connectivity index (χ3n) is 2.99. The Hall–Kier alpha value is -2.43. The molecule has 1 N–H and O–H groups in total. The molecule has 2 aromatic rings. The van der Waals surface area contributed by atoms with Gasteiger partial charge in [0.05, 0.1) is 18.9 Å². The average molecular weight is 317 g/mol. The van der Waals surface area contributed by atoms with Crippen LogP contribution in [0, 0.1) is 11.3 Å². The van der Waals surface area contributed by atoms with E-state index in [-0.39, 0.29) is 6.54 Å². The highest BCUT2D eigenvalue weighted by atomic mass is 32.2. The van der Waals surface area contributed by atoms with Crippen LogP contribution in [0.3, 0.4) is 0 Å². The third-order valence-corrected chi connectivity index (χ3v) is 3.66. The van der Waals surface area contributed by atoms with Gasteiger partial charge in [-0.1, -0.05) is 6.07 Å². The van der Waals surface area contributed by atoms with E-state index in [0.29, 0.717) is 11.3 Å². The van der Waals surface area contributed by atoms with Gasteiger partial charge in [-0.05, 0) is 29.3 Å². The quantitative estimate of drug-likeness (QED) is 0.905. The van der Waals surface area contributed by atoms with Gasteiger partial charge >= 0.3 is 0 Å². The first-order valence-corrected chi connectivity index (χ1v) is 8.29. The van der Waals surface area contributed by atoms with Gasteiger partial charge < -0.3 is 4.74 Å². The first kappa shape index (κ1) is 15.9. The SMILES string of the molecule is COc1cc(-c2cncc(CNS(C)(=O)=O)c2)ccc1C#N. The molecule has 1 aromatic heterocycles. The van der Waals surface area contributed by atoms with Gasteiger partial charge in [0.2, 0.25) is 10.0 Å². The standard InChI is InChI=1S/C15H15N3O3S/c1-21-15-6-12(3-4-13(15)7-16)14-5-11(8-17-10-14)9-18-22(2,19)20/h3-6,8,10,18H,9H2,1-2H3. The normalized spacial score (nSPS) is 11.0. The molecular formula is C15H15N3O3S. The van der Waals surface area contributed by atoms with Crippen molar-refractivity contribution in [1.82, 2.24) is 9.71 Å². The minimum absolute atomic E-state index is 0.174. The number of rotatable bonds is 5. The molecule has 0 atom stereocenters. The maximum Gasteiger partial charge on any atom is 0.209 e. The molecular weight excluding hydrogens is 302 g/mol. The van der Waals surface area contributed by atoms with Crippen LogP contribution in [0.5, 0.6) is 5.75 Å².